The Morgan fingerprint density at radius 2 is 1.93 bits per heavy atom. The molecule has 0 aliphatic rings. The molecule has 1 aromatic carbocycles. The fourth-order valence-electron chi connectivity index (χ4n) is 1.83. The number of nitrogens with one attached hydrogen (secondary N) is 1. The molecule has 0 saturated carbocycles. The summed E-state index contributed by atoms with van der Waals surface area (Å²) < 4.78 is 0. The van der Waals surface area contributed by atoms with E-state index in [1.807, 2.05) is 6.20 Å². The second kappa shape index (κ2) is 2.84. The maximum absolute atomic E-state index is 4.11. The van der Waals surface area contributed by atoms with Crippen molar-refractivity contribution in [2.24, 2.45) is 0 Å². The van der Waals surface area contributed by atoms with Crippen LogP contribution >= 0.6 is 0 Å². The molecule has 0 radical (unpaired) electrons. The van der Waals surface area contributed by atoms with Gasteiger partial charge in [0.2, 0.25) is 0 Å². The number of rotatable bonds is 0. The zero-order chi connectivity index (χ0) is 10.3. The van der Waals surface area contributed by atoms with Gasteiger partial charge in [0.1, 0.15) is 0 Å². The molecule has 14 heavy (non-hydrogen) atoms. The Morgan fingerprint density at radius 1 is 1.21 bits per heavy atom. The molecular formula is C12H16N2. The van der Waals surface area contributed by atoms with Crippen molar-refractivity contribution in [2.45, 2.75) is 33.1 Å². The molecule has 0 amide bonds. The SMILES string of the molecule is Cc1ccc(C(C)(C)C)c2cn[nH]c12. The van der Waals surface area contributed by atoms with Crippen LogP contribution in [-0.4, -0.2) is 10.2 Å². The first-order chi connectivity index (χ1) is 6.50. The lowest BCUT2D eigenvalue weighted by molar-refractivity contribution is 0.596. The average molecular weight is 188 g/mol. The van der Waals surface area contributed by atoms with Gasteiger partial charge >= 0.3 is 0 Å². The number of H-pyrrole nitrogens is 1. The van der Waals surface area contributed by atoms with Crippen molar-refractivity contribution >= 4 is 10.9 Å². The van der Waals surface area contributed by atoms with Crippen molar-refractivity contribution in [3.8, 4) is 0 Å². The van der Waals surface area contributed by atoms with Crippen LogP contribution in [0.5, 0.6) is 0 Å². The molecule has 0 unspecified atom stereocenters. The Hall–Kier alpha value is -1.31. The third kappa shape index (κ3) is 1.31. The van der Waals surface area contributed by atoms with Crippen LogP contribution in [-0.2, 0) is 5.41 Å². The van der Waals surface area contributed by atoms with Gasteiger partial charge in [-0.2, -0.15) is 5.10 Å². The molecule has 0 spiro atoms. The zero-order valence-corrected chi connectivity index (χ0v) is 9.18. The van der Waals surface area contributed by atoms with Crippen LogP contribution in [0.3, 0.4) is 0 Å². The molecule has 1 heterocycles. The number of fused-ring (bicyclic) bond motifs is 1. The molecule has 0 aliphatic heterocycles. The summed E-state index contributed by atoms with van der Waals surface area (Å²) in [5.41, 5.74) is 3.95. The molecule has 2 heteroatoms. The molecule has 2 nitrogen and oxygen atoms in total. The number of aromatic amines is 1. The zero-order valence-electron chi connectivity index (χ0n) is 9.18. The van der Waals surface area contributed by atoms with Crippen molar-refractivity contribution < 1.29 is 0 Å². The Kier molecular flexibility index (Phi) is 1.88. The van der Waals surface area contributed by atoms with E-state index in [0.717, 1.165) is 5.52 Å². The topological polar surface area (TPSA) is 28.7 Å². The van der Waals surface area contributed by atoms with Gasteiger partial charge in [-0.15, -0.1) is 0 Å². The standard InChI is InChI=1S/C12H16N2/c1-8-5-6-10(12(2,3)4)9-7-13-14-11(8)9/h5-7H,1-4H3,(H,13,14). The number of nitrogens with zero attached hydrogens (tertiary/aromatic N) is 1. The van der Waals surface area contributed by atoms with Crippen molar-refractivity contribution in [1.82, 2.24) is 10.2 Å². The minimum Gasteiger partial charge on any atom is -0.278 e. The van der Waals surface area contributed by atoms with Gasteiger partial charge in [-0.05, 0) is 23.5 Å². The summed E-state index contributed by atoms with van der Waals surface area (Å²) >= 11 is 0. The Morgan fingerprint density at radius 3 is 2.57 bits per heavy atom. The first kappa shape index (κ1) is 9.25. The molecule has 1 N–H and O–H groups in total. The van der Waals surface area contributed by atoms with Crippen molar-refractivity contribution in [3.05, 3.63) is 29.5 Å². The fourth-order valence-corrected chi connectivity index (χ4v) is 1.83. The number of benzene rings is 1. The highest BCUT2D eigenvalue weighted by Crippen LogP contribution is 2.30. The van der Waals surface area contributed by atoms with Gasteiger partial charge in [-0.3, -0.25) is 5.10 Å². The molecule has 0 fully saturated rings. The second-order valence-corrected chi connectivity index (χ2v) is 4.84. The number of hydrogen-bond donors (Lipinski definition) is 1. The summed E-state index contributed by atoms with van der Waals surface area (Å²) in [6.45, 7) is 8.78. The highest BCUT2D eigenvalue weighted by atomic mass is 15.1. The maximum atomic E-state index is 4.11. The molecule has 0 aliphatic carbocycles. The second-order valence-electron chi connectivity index (χ2n) is 4.84. The lowest BCUT2D eigenvalue weighted by Gasteiger charge is -2.20. The van der Waals surface area contributed by atoms with Crippen molar-refractivity contribution in [3.63, 3.8) is 0 Å². The Balaban J connectivity index is 2.80. The largest absolute Gasteiger partial charge is 0.278 e. The third-order valence-corrected chi connectivity index (χ3v) is 2.63. The minimum absolute atomic E-state index is 0.176. The lowest BCUT2D eigenvalue weighted by atomic mass is 9.84. The van der Waals surface area contributed by atoms with Crippen LogP contribution in [0, 0.1) is 6.92 Å². The lowest BCUT2D eigenvalue weighted by Crippen LogP contribution is -2.11. The Labute approximate surface area is 84.3 Å². The normalized spacial score (nSPS) is 12.3. The van der Waals surface area contributed by atoms with Crippen molar-refractivity contribution in [2.75, 3.05) is 0 Å². The van der Waals surface area contributed by atoms with Crippen LogP contribution in [0.1, 0.15) is 31.9 Å². The van der Waals surface area contributed by atoms with E-state index in [9.17, 15) is 0 Å². The Bertz CT molecular complexity index is 461. The summed E-state index contributed by atoms with van der Waals surface area (Å²) in [6, 6.07) is 4.36. The number of aryl methyl sites for hydroxylation is 1. The summed E-state index contributed by atoms with van der Waals surface area (Å²) in [7, 11) is 0. The molecule has 2 aromatic rings. The average Bonchev–Trinajstić information content (AvgIpc) is 2.50. The highest BCUT2D eigenvalue weighted by molar-refractivity contribution is 5.85. The summed E-state index contributed by atoms with van der Waals surface area (Å²) in [6.07, 6.45) is 1.92. The van der Waals surface area contributed by atoms with Gasteiger partial charge in [-0.25, -0.2) is 0 Å². The number of hydrogen-bond acceptors (Lipinski definition) is 1. The van der Waals surface area contributed by atoms with Gasteiger partial charge < -0.3 is 0 Å². The number of aromatic nitrogens is 2. The van der Waals surface area contributed by atoms with Crippen LogP contribution in [0.25, 0.3) is 10.9 Å². The quantitative estimate of drug-likeness (QED) is 0.676. The molecule has 0 saturated heterocycles. The van der Waals surface area contributed by atoms with Crippen LogP contribution in [0.2, 0.25) is 0 Å². The van der Waals surface area contributed by atoms with E-state index in [4.69, 9.17) is 0 Å². The fraction of sp³-hybridized carbons (Fsp3) is 0.417. The predicted octanol–water partition coefficient (Wildman–Crippen LogP) is 3.17. The van der Waals surface area contributed by atoms with Crippen LogP contribution in [0.4, 0.5) is 0 Å². The maximum Gasteiger partial charge on any atom is 0.0682 e. The van der Waals surface area contributed by atoms with Gasteiger partial charge in [0.25, 0.3) is 0 Å². The van der Waals surface area contributed by atoms with Gasteiger partial charge in [0.15, 0.2) is 0 Å². The van der Waals surface area contributed by atoms with Gasteiger partial charge in [0, 0.05) is 5.39 Å². The highest BCUT2D eigenvalue weighted by Gasteiger charge is 2.17. The van der Waals surface area contributed by atoms with E-state index in [2.05, 4.69) is 50.0 Å². The van der Waals surface area contributed by atoms with E-state index >= 15 is 0 Å². The van der Waals surface area contributed by atoms with Gasteiger partial charge in [0.05, 0.1) is 11.7 Å². The van der Waals surface area contributed by atoms with Gasteiger partial charge in [-0.1, -0.05) is 32.9 Å². The van der Waals surface area contributed by atoms with E-state index in [-0.39, 0.29) is 5.41 Å². The molecule has 0 bridgehead atoms. The molecule has 74 valence electrons. The van der Waals surface area contributed by atoms with E-state index in [1.165, 1.54) is 16.5 Å². The molecular weight excluding hydrogens is 172 g/mol. The van der Waals surface area contributed by atoms with E-state index < -0.39 is 0 Å². The third-order valence-electron chi connectivity index (χ3n) is 2.63. The smallest absolute Gasteiger partial charge is 0.0682 e. The first-order valence-corrected chi connectivity index (χ1v) is 4.93. The summed E-state index contributed by atoms with van der Waals surface area (Å²) in [5, 5.41) is 8.41. The first-order valence-electron chi connectivity index (χ1n) is 4.93. The van der Waals surface area contributed by atoms with Crippen molar-refractivity contribution in [1.29, 1.82) is 0 Å². The monoisotopic (exact) mass is 188 g/mol. The van der Waals surface area contributed by atoms with Crippen LogP contribution in [0.15, 0.2) is 18.3 Å². The predicted molar refractivity (Wildman–Crippen MR) is 59.5 cm³/mol. The molecule has 0 atom stereocenters. The van der Waals surface area contributed by atoms with E-state index in [1.54, 1.807) is 0 Å². The molecule has 1 aromatic heterocycles. The molecule has 2 rings (SSSR count). The van der Waals surface area contributed by atoms with E-state index in [0.29, 0.717) is 0 Å². The minimum atomic E-state index is 0.176. The van der Waals surface area contributed by atoms with Crippen LogP contribution < -0.4 is 0 Å². The summed E-state index contributed by atoms with van der Waals surface area (Å²) in [4.78, 5) is 0. The summed E-state index contributed by atoms with van der Waals surface area (Å²) in [5.74, 6) is 0.